The number of unbranched alkanes of at least 4 members (excludes halogenated alkanes) is 43. The summed E-state index contributed by atoms with van der Waals surface area (Å²) in [5, 5.41) is 0. The minimum atomic E-state index is -0.766. The molecule has 0 aliphatic carbocycles. The molecular formula is C61H116O6. The van der Waals surface area contributed by atoms with Crippen LogP contribution < -0.4 is 0 Å². The molecule has 0 radical (unpaired) electrons. The van der Waals surface area contributed by atoms with E-state index in [-0.39, 0.29) is 31.1 Å². The fraction of sp³-hybridized carbons (Fsp3) is 0.918. The topological polar surface area (TPSA) is 78.9 Å². The number of hydrogen-bond acceptors (Lipinski definition) is 6. The fourth-order valence-electron chi connectivity index (χ4n) is 9.21. The number of carbonyl (C=O) groups is 3. The van der Waals surface area contributed by atoms with Crippen molar-refractivity contribution in [3.63, 3.8) is 0 Å². The molecule has 0 aromatic heterocycles. The van der Waals surface area contributed by atoms with Crippen molar-refractivity contribution in [2.24, 2.45) is 0 Å². The number of ether oxygens (including phenoxy) is 3. The second-order valence-electron chi connectivity index (χ2n) is 20.6. The second kappa shape index (κ2) is 56.7. The Labute approximate surface area is 418 Å². The highest BCUT2D eigenvalue weighted by Crippen LogP contribution is 2.17. The Bertz CT molecular complexity index is 1040. The fourth-order valence-corrected chi connectivity index (χ4v) is 9.21. The van der Waals surface area contributed by atoms with E-state index < -0.39 is 6.10 Å². The van der Waals surface area contributed by atoms with E-state index >= 15 is 0 Å². The molecule has 396 valence electrons. The molecule has 0 aliphatic heterocycles. The molecule has 1 unspecified atom stereocenters. The van der Waals surface area contributed by atoms with Gasteiger partial charge < -0.3 is 14.2 Å². The van der Waals surface area contributed by atoms with Crippen LogP contribution in [0.15, 0.2) is 12.2 Å². The first-order chi connectivity index (χ1) is 33.0. The summed E-state index contributed by atoms with van der Waals surface area (Å²) in [5.74, 6) is -0.842. The third-order valence-corrected chi connectivity index (χ3v) is 13.8. The van der Waals surface area contributed by atoms with E-state index in [2.05, 4.69) is 32.9 Å². The first kappa shape index (κ1) is 65.1. The molecule has 0 spiro atoms. The average molecular weight is 946 g/mol. The highest BCUT2D eigenvalue weighted by atomic mass is 16.6. The van der Waals surface area contributed by atoms with Gasteiger partial charge in [-0.25, -0.2) is 0 Å². The first-order valence-corrected chi connectivity index (χ1v) is 30.2. The van der Waals surface area contributed by atoms with Crippen molar-refractivity contribution >= 4 is 17.9 Å². The molecule has 0 bridgehead atoms. The first-order valence-electron chi connectivity index (χ1n) is 30.2. The molecule has 6 nitrogen and oxygen atoms in total. The normalized spacial score (nSPS) is 12.0. The highest BCUT2D eigenvalue weighted by Gasteiger charge is 2.19. The molecule has 67 heavy (non-hydrogen) atoms. The monoisotopic (exact) mass is 945 g/mol. The zero-order chi connectivity index (χ0) is 48.6. The third-order valence-electron chi connectivity index (χ3n) is 13.8. The van der Waals surface area contributed by atoms with E-state index in [0.717, 1.165) is 57.8 Å². The van der Waals surface area contributed by atoms with Crippen LogP contribution in [0.4, 0.5) is 0 Å². The Balaban J connectivity index is 4.31. The van der Waals surface area contributed by atoms with Crippen molar-refractivity contribution in [1.82, 2.24) is 0 Å². The average Bonchev–Trinajstić information content (AvgIpc) is 3.33. The molecule has 0 N–H and O–H groups in total. The Morgan fingerprint density at radius 2 is 0.493 bits per heavy atom. The van der Waals surface area contributed by atoms with Crippen LogP contribution >= 0.6 is 0 Å². The molecule has 1 atom stereocenters. The van der Waals surface area contributed by atoms with E-state index in [1.54, 1.807) is 0 Å². The van der Waals surface area contributed by atoms with Crippen LogP contribution in [0.1, 0.15) is 342 Å². The lowest BCUT2D eigenvalue weighted by Gasteiger charge is -2.18. The van der Waals surface area contributed by atoms with E-state index in [9.17, 15) is 14.4 Å². The lowest BCUT2D eigenvalue weighted by Crippen LogP contribution is -2.30. The number of esters is 3. The Hall–Kier alpha value is -1.85. The van der Waals surface area contributed by atoms with Gasteiger partial charge in [-0.05, 0) is 44.9 Å². The van der Waals surface area contributed by atoms with Gasteiger partial charge in [-0.1, -0.05) is 290 Å². The molecule has 0 aliphatic rings. The van der Waals surface area contributed by atoms with Gasteiger partial charge in [0, 0.05) is 19.3 Å². The van der Waals surface area contributed by atoms with Gasteiger partial charge in [0.05, 0.1) is 0 Å². The van der Waals surface area contributed by atoms with Crippen LogP contribution in [-0.2, 0) is 28.6 Å². The molecule has 0 saturated heterocycles. The van der Waals surface area contributed by atoms with Gasteiger partial charge in [-0.2, -0.15) is 0 Å². The van der Waals surface area contributed by atoms with Crippen molar-refractivity contribution in [1.29, 1.82) is 0 Å². The summed E-state index contributed by atoms with van der Waals surface area (Å²) in [7, 11) is 0. The maximum atomic E-state index is 12.9. The van der Waals surface area contributed by atoms with Gasteiger partial charge in [-0.15, -0.1) is 0 Å². The maximum Gasteiger partial charge on any atom is 0.306 e. The van der Waals surface area contributed by atoms with Crippen molar-refractivity contribution in [2.75, 3.05) is 13.2 Å². The molecule has 0 heterocycles. The minimum Gasteiger partial charge on any atom is -0.462 e. The Kier molecular flexibility index (Phi) is 55.2. The van der Waals surface area contributed by atoms with Crippen LogP contribution in [0, 0.1) is 0 Å². The van der Waals surface area contributed by atoms with Crippen molar-refractivity contribution in [3.05, 3.63) is 12.2 Å². The third kappa shape index (κ3) is 55.0. The number of allylic oxidation sites excluding steroid dienone is 2. The second-order valence-corrected chi connectivity index (χ2v) is 20.6. The van der Waals surface area contributed by atoms with Crippen LogP contribution in [0.3, 0.4) is 0 Å². The smallest absolute Gasteiger partial charge is 0.306 e. The molecule has 0 rings (SSSR count). The van der Waals surface area contributed by atoms with Gasteiger partial charge in [-0.3, -0.25) is 14.4 Å². The summed E-state index contributed by atoms with van der Waals surface area (Å²) >= 11 is 0. The zero-order valence-electron chi connectivity index (χ0n) is 45.5. The SMILES string of the molecule is CCCCCCCC/C=C\CCCCCCCCCC(=O)OCC(COC(=O)CCCCCCCCCCCCCCCCC)OC(=O)CCCCCCCCCCCCCCCCCCC. The van der Waals surface area contributed by atoms with E-state index in [1.165, 1.54) is 244 Å². The van der Waals surface area contributed by atoms with E-state index in [0.29, 0.717) is 19.3 Å². The Morgan fingerprint density at radius 1 is 0.284 bits per heavy atom. The number of hydrogen-bond donors (Lipinski definition) is 0. The minimum absolute atomic E-state index is 0.0649. The molecular weight excluding hydrogens is 829 g/mol. The summed E-state index contributed by atoms with van der Waals surface area (Å²) < 4.78 is 16.9. The van der Waals surface area contributed by atoms with Gasteiger partial charge in [0.15, 0.2) is 6.10 Å². The molecule has 0 aromatic carbocycles. The molecule has 6 heteroatoms. The summed E-state index contributed by atoms with van der Waals surface area (Å²) in [5.41, 5.74) is 0. The Morgan fingerprint density at radius 3 is 0.746 bits per heavy atom. The lowest BCUT2D eigenvalue weighted by molar-refractivity contribution is -0.167. The summed E-state index contributed by atoms with van der Waals surface area (Å²) in [6, 6.07) is 0. The van der Waals surface area contributed by atoms with Crippen LogP contribution in [0.25, 0.3) is 0 Å². The van der Waals surface area contributed by atoms with Gasteiger partial charge in [0.25, 0.3) is 0 Å². The van der Waals surface area contributed by atoms with E-state index in [1.807, 2.05) is 0 Å². The van der Waals surface area contributed by atoms with Crippen molar-refractivity contribution in [3.8, 4) is 0 Å². The van der Waals surface area contributed by atoms with Gasteiger partial charge in [0.1, 0.15) is 13.2 Å². The summed E-state index contributed by atoms with van der Waals surface area (Å²) in [4.78, 5) is 38.2. The number of carbonyl (C=O) groups excluding carboxylic acids is 3. The molecule has 0 amide bonds. The predicted molar refractivity (Wildman–Crippen MR) is 289 cm³/mol. The van der Waals surface area contributed by atoms with Gasteiger partial charge in [0.2, 0.25) is 0 Å². The summed E-state index contributed by atoms with van der Waals surface area (Å²) in [6.45, 7) is 6.70. The largest absolute Gasteiger partial charge is 0.462 e. The standard InChI is InChI=1S/C61H116O6/c1-4-7-10-13-16-19-22-25-28-30-33-36-39-42-45-48-51-54-60(63)66-57-58(56-65-59(62)53-50-47-44-41-38-35-32-27-24-21-18-15-12-9-6-3)67-61(64)55-52-49-46-43-40-37-34-31-29-26-23-20-17-14-11-8-5-2/h25,28,58H,4-24,26-27,29-57H2,1-3H3/b28-25-. The maximum absolute atomic E-state index is 12.9. The zero-order valence-corrected chi connectivity index (χ0v) is 45.5. The van der Waals surface area contributed by atoms with Gasteiger partial charge >= 0.3 is 17.9 Å². The molecule has 0 saturated carbocycles. The molecule has 0 fully saturated rings. The lowest BCUT2D eigenvalue weighted by atomic mass is 10.0. The highest BCUT2D eigenvalue weighted by molar-refractivity contribution is 5.71. The van der Waals surface area contributed by atoms with Crippen LogP contribution in [0.5, 0.6) is 0 Å². The van der Waals surface area contributed by atoms with Crippen LogP contribution in [-0.4, -0.2) is 37.2 Å². The van der Waals surface area contributed by atoms with E-state index in [4.69, 9.17) is 14.2 Å². The van der Waals surface area contributed by atoms with Crippen molar-refractivity contribution in [2.45, 2.75) is 348 Å². The molecule has 0 aromatic rings. The quantitative estimate of drug-likeness (QED) is 0.0262. The van der Waals surface area contributed by atoms with Crippen molar-refractivity contribution < 1.29 is 28.6 Å². The van der Waals surface area contributed by atoms with Crippen LogP contribution in [0.2, 0.25) is 0 Å². The summed E-state index contributed by atoms with van der Waals surface area (Å²) in [6.07, 6.45) is 64.9. The predicted octanol–water partition coefficient (Wildman–Crippen LogP) is 20.1. The number of rotatable bonds is 56.